The lowest BCUT2D eigenvalue weighted by atomic mass is 10.1. The lowest BCUT2D eigenvalue weighted by molar-refractivity contribution is -0.143. The molecule has 0 aromatic carbocycles. The first-order valence-electron chi connectivity index (χ1n) is 4.87. The Morgan fingerprint density at radius 3 is 2.79 bits per heavy atom. The first-order valence-corrected chi connectivity index (χ1v) is 4.87. The van der Waals surface area contributed by atoms with E-state index in [1.807, 2.05) is 12.1 Å². The van der Waals surface area contributed by atoms with Crippen LogP contribution in [0.3, 0.4) is 0 Å². The summed E-state index contributed by atoms with van der Waals surface area (Å²) < 4.78 is 4.96. The van der Waals surface area contributed by atoms with E-state index in [1.54, 1.807) is 19.3 Å². The molecule has 0 unspecified atom stereocenters. The van der Waals surface area contributed by atoms with Crippen LogP contribution in [-0.4, -0.2) is 17.6 Å². The number of pyridine rings is 1. The van der Waals surface area contributed by atoms with Crippen molar-refractivity contribution in [2.24, 2.45) is 0 Å². The second-order valence-electron chi connectivity index (χ2n) is 3.03. The van der Waals surface area contributed by atoms with Crippen molar-refractivity contribution in [2.45, 2.75) is 26.2 Å². The molecule has 0 aliphatic heterocycles. The summed E-state index contributed by atoms with van der Waals surface area (Å²) in [6, 6.07) is 3.95. The van der Waals surface area contributed by atoms with Gasteiger partial charge in [-0.05, 0) is 30.5 Å². The second-order valence-corrected chi connectivity index (χ2v) is 3.03. The molecule has 0 bridgehead atoms. The number of hydrogen-bond acceptors (Lipinski definition) is 3. The van der Waals surface area contributed by atoms with E-state index in [-0.39, 0.29) is 5.97 Å². The Kier molecular flexibility index (Phi) is 4.69. The molecule has 76 valence electrons. The summed E-state index contributed by atoms with van der Waals surface area (Å²) in [5, 5.41) is 0. The summed E-state index contributed by atoms with van der Waals surface area (Å²) in [4.78, 5) is 14.7. The van der Waals surface area contributed by atoms with E-state index in [1.165, 1.54) is 5.56 Å². The Hall–Kier alpha value is -1.38. The first kappa shape index (κ1) is 10.7. The number of carbonyl (C=O) groups excluding carboxylic acids is 1. The van der Waals surface area contributed by atoms with Gasteiger partial charge >= 0.3 is 5.97 Å². The Labute approximate surface area is 84.1 Å². The molecule has 1 rings (SSSR count). The van der Waals surface area contributed by atoms with Crippen LogP contribution < -0.4 is 0 Å². The number of aromatic nitrogens is 1. The number of hydrogen-bond donors (Lipinski definition) is 0. The minimum absolute atomic E-state index is 0.125. The molecule has 0 N–H and O–H groups in total. The van der Waals surface area contributed by atoms with Crippen LogP contribution in [0, 0.1) is 0 Å². The van der Waals surface area contributed by atoms with Crippen LogP contribution in [0.1, 0.15) is 25.3 Å². The average Bonchev–Trinajstić information content (AvgIpc) is 2.25. The van der Waals surface area contributed by atoms with E-state index in [9.17, 15) is 4.79 Å². The number of aryl methyl sites for hydroxylation is 1. The van der Waals surface area contributed by atoms with Crippen LogP contribution in [0.15, 0.2) is 24.5 Å². The molecule has 0 atom stereocenters. The molecule has 1 aromatic heterocycles. The van der Waals surface area contributed by atoms with Crippen molar-refractivity contribution in [3.8, 4) is 0 Å². The van der Waals surface area contributed by atoms with Gasteiger partial charge in [-0.25, -0.2) is 0 Å². The normalized spacial score (nSPS) is 9.79. The standard InChI is InChI=1S/C11H15NO2/c1-2-11(13)14-9-3-4-10-5-7-12-8-6-10/h5-8H,2-4,9H2,1H3. The highest BCUT2D eigenvalue weighted by atomic mass is 16.5. The lowest BCUT2D eigenvalue weighted by Gasteiger charge is -2.02. The molecule has 0 amide bonds. The molecule has 0 fully saturated rings. The summed E-state index contributed by atoms with van der Waals surface area (Å²) >= 11 is 0. The first-order chi connectivity index (χ1) is 6.83. The quantitative estimate of drug-likeness (QED) is 0.530. The predicted octanol–water partition coefficient (Wildman–Crippen LogP) is 1.97. The fraction of sp³-hybridized carbons (Fsp3) is 0.455. The third-order valence-corrected chi connectivity index (χ3v) is 1.91. The fourth-order valence-electron chi connectivity index (χ4n) is 1.11. The summed E-state index contributed by atoms with van der Waals surface area (Å²) in [5.41, 5.74) is 1.23. The van der Waals surface area contributed by atoms with Crippen LogP contribution >= 0.6 is 0 Å². The maximum atomic E-state index is 10.8. The molecule has 0 aliphatic carbocycles. The minimum Gasteiger partial charge on any atom is -0.466 e. The average molecular weight is 193 g/mol. The van der Waals surface area contributed by atoms with Crippen molar-refractivity contribution in [3.05, 3.63) is 30.1 Å². The van der Waals surface area contributed by atoms with E-state index in [0.29, 0.717) is 13.0 Å². The van der Waals surface area contributed by atoms with Crippen LogP contribution in [0.4, 0.5) is 0 Å². The van der Waals surface area contributed by atoms with Gasteiger partial charge in [-0.1, -0.05) is 6.92 Å². The zero-order valence-corrected chi connectivity index (χ0v) is 8.40. The van der Waals surface area contributed by atoms with Crippen molar-refractivity contribution in [2.75, 3.05) is 6.61 Å². The summed E-state index contributed by atoms with van der Waals surface area (Å²) in [5.74, 6) is -0.125. The highest BCUT2D eigenvalue weighted by molar-refractivity contribution is 5.68. The van der Waals surface area contributed by atoms with Gasteiger partial charge in [0.2, 0.25) is 0 Å². The summed E-state index contributed by atoms with van der Waals surface area (Å²) in [6.07, 6.45) is 5.80. The molecule has 1 heterocycles. The molecule has 0 radical (unpaired) electrons. The van der Waals surface area contributed by atoms with E-state index >= 15 is 0 Å². The van der Waals surface area contributed by atoms with Gasteiger partial charge < -0.3 is 4.74 Å². The lowest BCUT2D eigenvalue weighted by Crippen LogP contribution is -2.04. The third kappa shape index (κ3) is 4.03. The molecule has 3 nitrogen and oxygen atoms in total. The van der Waals surface area contributed by atoms with Crippen molar-refractivity contribution in [1.82, 2.24) is 4.98 Å². The predicted molar refractivity (Wildman–Crippen MR) is 53.8 cm³/mol. The molecule has 0 saturated carbocycles. The number of esters is 1. The SMILES string of the molecule is CCC(=O)OCCCc1ccncc1. The monoisotopic (exact) mass is 193 g/mol. The van der Waals surface area contributed by atoms with Crippen LogP contribution in [-0.2, 0) is 16.0 Å². The zero-order valence-electron chi connectivity index (χ0n) is 8.40. The highest BCUT2D eigenvalue weighted by Gasteiger charge is 1.97. The summed E-state index contributed by atoms with van der Waals surface area (Å²) in [6.45, 7) is 2.31. The van der Waals surface area contributed by atoms with Gasteiger partial charge in [-0.15, -0.1) is 0 Å². The van der Waals surface area contributed by atoms with Gasteiger partial charge in [0.25, 0.3) is 0 Å². The molecule has 0 spiro atoms. The van der Waals surface area contributed by atoms with Gasteiger partial charge in [0, 0.05) is 18.8 Å². The van der Waals surface area contributed by atoms with E-state index in [2.05, 4.69) is 4.98 Å². The second kappa shape index (κ2) is 6.13. The maximum Gasteiger partial charge on any atom is 0.305 e. The molecule has 0 saturated heterocycles. The smallest absolute Gasteiger partial charge is 0.305 e. The van der Waals surface area contributed by atoms with Crippen molar-refractivity contribution in [1.29, 1.82) is 0 Å². The van der Waals surface area contributed by atoms with E-state index in [0.717, 1.165) is 12.8 Å². The molecule has 0 aliphatic rings. The van der Waals surface area contributed by atoms with E-state index in [4.69, 9.17) is 4.74 Å². The number of ether oxygens (including phenoxy) is 1. The molecular weight excluding hydrogens is 178 g/mol. The Bertz CT molecular complexity index is 272. The number of nitrogens with zero attached hydrogens (tertiary/aromatic N) is 1. The van der Waals surface area contributed by atoms with Crippen molar-refractivity contribution < 1.29 is 9.53 Å². The van der Waals surface area contributed by atoms with Gasteiger partial charge in [0.1, 0.15) is 0 Å². The van der Waals surface area contributed by atoms with Gasteiger partial charge in [0.05, 0.1) is 6.61 Å². The highest BCUT2D eigenvalue weighted by Crippen LogP contribution is 2.01. The summed E-state index contributed by atoms with van der Waals surface area (Å²) in [7, 11) is 0. The van der Waals surface area contributed by atoms with Crippen LogP contribution in [0.25, 0.3) is 0 Å². The van der Waals surface area contributed by atoms with Crippen molar-refractivity contribution >= 4 is 5.97 Å². The topological polar surface area (TPSA) is 39.2 Å². The van der Waals surface area contributed by atoms with Crippen LogP contribution in [0.5, 0.6) is 0 Å². The Balaban J connectivity index is 2.13. The Morgan fingerprint density at radius 2 is 2.14 bits per heavy atom. The molecular formula is C11H15NO2. The number of rotatable bonds is 5. The largest absolute Gasteiger partial charge is 0.466 e. The van der Waals surface area contributed by atoms with Gasteiger partial charge in [-0.3, -0.25) is 9.78 Å². The zero-order chi connectivity index (χ0) is 10.2. The molecule has 1 aromatic rings. The number of carbonyl (C=O) groups is 1. The molecule has 3 heteroatoms. The molecule has 14 heavy (non-hydrogen) atoms. The van der Waals surface area contributed by atoms with Gasteiger partial charge in [-0.2, -0.15) is 0 Å². The minimum atomic E-state index is -0.125. The van der Waals surface area contributed by atoms with Crippen molar-refractivity contribution in [3.63, 3.8) is 0 Å². The van der Waals surface area contributed by atoms with Crippen LogP contribution in [0.2, 0.25) is 0 Å². The Morgan fingerprint density at radius 1 is 1.43 bits per heavy atom. The maximum absolute atomic E-state index is 10.8. The van der Waals surface area contributed by atoms with Gasteiger partial charge in [0.15, 0.2) is 0 Å². The third-order valence-electron chi connectivity index (χ3n) is 1.91. The van der Waals surface area contributed by atoms with E-state index < -0.39 is 0 Å². The fourth-order valence-corrected chi connectivity index (χ4v) is 1.11.